The van der Waals surface area contributed by atoms with Gasteiger partial charge in [0.2, 0.25) is 5.91 Å². The lowest BCUT2D eigenvalue weighted by atomic mass is 9.95. The Balaban J connectivity index is 2.38. The minimum absolute atomic E-state index is 0.00685. The monoisotopic (exact) mass is 289 g/mol. The van der Waals surface area contributed by atoms with Crippen LogP contribution < -0.4 is 4.90 Å². The number of benzene rings is 1. The molecule has 1 aromatic carbocycles. The van der Waals surface area contributed by atoms with E-state index in [1.165, 1.54) is 0 Å². The molecule has 0 saturated heterocycles. The Morgan fingerprint density at radius 1 is 1.29 bits per heavy atom. The van der Waals surface area contributed by atoms with Gasteiger partial charge in [-0.1, -0.05) is 32.0 Å². The first-order valence-corrected chi connectivity index (χ1v) is 7.61. The van der Waals surface area contributed by atoms with Crippen LogP contribution in [0, 0.1) is 5.92 Å². The van der Waals surface area contributed by atoms with Gasteiger partial charge in [0.1, 0.15) is 6.04 Å². The van der Waals surface area contributed by atoms with E-state index in [4.69, 9.17) is 4.74 Å². The molecule has 4 nitrogen and oxygen atoms in total. The summed E-state index contributed by atoms with van der Waals surface area (Å²) in [6.07, 6.45) is 1.80. The lowest BCUT2D eigenvalue weighted by Gasteiger charge is -2.35. The molecule has 1 atom stereocenters. The Hall–Kier alpha value is -1.84. The van der Waals surface area contributed by atoms with Gasteiger partial charge in [-0.25, -0.2) is 4.79 Å². The summed E-state index contributed by atoms with van der Waals surface area (Å²) in [5.74, 6) is 0.00458. The fraction of sp³-hybridized carbons (Fsp3) is 0.529. The molecule has 2 rings (SSSR count). The molecule has 114 valence electrons. The molecule has 21 heavy (non-hydrogen) atoms. The van der Waals surface area contributed by atoms with Crippen molar-refractivity contribution in [2.24, 2.45) is 5.92 Å². The number of nitrogens with zero attached hydrogens (tertiary/aromatic N) is 1. The van der Waals surface area contributed by atoms with Gasteiger partial charge in [0.15, 0.2) is 0 Å². The van der Waals surface area contributed by atoms with E-state index in [-0.39, 0.29) is 11.9 Å². The average molecular weight is 289 g/mol. The van der Waals surface area contributed by atoms with Crippen molar-refractivity contribution in [1.82, 2.24) is 0 Å². The molecular weight excluding hydrogens is 266 g/mol. The molecule has 0 N–H and O–H groups in total. The van der Waals surface area contributed by atoms with E-state index in [0.29, 0.717) is 25.4 Å². The molecule has 1 unspecified atom stereocenters. The van der Waals surface area contributed by atoms with Gasteiger partial charge in [-0.15, -0.1) is 0 Å². The van der Waals surface area contributed by atoms with Crippen LogP contribution in [0.25, 0.3) is 0 Å². The SMILES string of the molecule is CCOC(=O)C(CC(C)C)N1C(=O)CCc2ccccc21. The third-order valence-electron chi connectivity index (χ3n) is 3.69. The number of ether oxygens (including phenoxy) is 1. The fourth-order valence-electron chi connectivity index (χ4n) is 2.79. The Kier molecular flexibility index (Phi) is 4.99. The second kappa shape index (κ2) is 6.74. The number of hydrogen-bond acceptors (Lipinski definition) is 3. The van der Waals surface area contributed by atoms with Crippen LogP contribution in [0.15, 0.2) is 24.3 Å². The topological polar surface area (TPSA) is 46.6 Å². The zero-order chi connectivity index (χ0) is 15.4. The molecule has 1 aliphatic rings. The fourth-order valence-corrected chi connectivity index (χ4v) is 2.79. The number of carbonyl (C=O) groups is 2. The summed E-state index contributed by atoms with van der Waals surface area (Å²) in [6.45, 7) is 6.21. The molecule has 0 spiro atoms. The van der Waals surface area contributed by atoms with Crippen LogP contribution in [0.1, 0.15) is 39.2 Å². The van der Waals surface area contributed by atoms with E-state index < -0.39 is 6.04 Å². The Morgan fingerprint density at radius 2 is 2.00 bits per heavy atom. The minimum Gasteiger partial charge on any atom is -0.464 e. The van der Waals surface area contributed by atoms with Gasteiger partial charge < -0.3 is 4.74 Å². The van der Waals surface area contributed by atoms with E-state index in [1.807, 2.05) is 38.1 Å². The van der Waals surface area contributed by atoms with Crippen molar-refractivity contribution in [1.29, 1.82) is 0 Å². The third kappa shape index (κ3) is 3.43. The summed E-state index contributed by atoms with van der Waals surface area (Å²) in [7, 11) is 0. The summed E-state index contributed by atoms with van der Waals surface area (Å²) in [5.41, 5.74) is 1.97. The van der Waals surface area contributed by atoms with Crippen molar-refractivity contribution in [2.45, 2.75) is 46.1 Å². The van der Waals surface area contributed by atoms with Gasteiger partial charge in [0.05, 0.1) is 6.61 Å². The van der Waals surface area contributed by atoms with Gasteiger partial charge in [-0.3, -0.25) is 9.69 Å². The van der Waals surface area contributed by atoms with Crippen LogP contribution >= 0.6 is 0 Å². The first kappa shape index (κ1) is 15.5. The summed E-state index contributed by atoms with van der Waals surface area (Å²) < 4.78 is 5.19. The minimum atomic E-state index is -0.529. The normalized spacial score (nSPS) is 15.8. The highest BCUT2D eigenvalue weighted by molar-refractivity contribution is 6.01. The standard InChI is InChI=1S/C17H23NO3/c1-4-21-17(20)15(11-12(2)3)18-14-8-6-5-7-13(14)9-10-16(18)19/h5-8,12,15H,4,9-11H2,1-3H3. The molecule has 1 aromatic rings. The van der Waals surface area contributed by atoms with Crippen LogP contribution in [0.3, 0.4) is 0 Å². The van der Waals surface area contributed by atoms with Gasteiger partial charge in [0.25, 0.3) is 0 Å². The Labute approximate surface area is 126 Å². The number of anilines is 1. The van der Waals surface area contributed by atoms with Crippen molar-refractivity contribution >= 4 is 17.6 Å². The Morgan fingerprint density at radius 3 is 2.67 bits per heavy atom. The first-order valence-electron chi connectivity index (χ1n) is 7.61. The summed E-state index contributed by atoms with van der Waals surface area (Å²) in [4.78, 5) is 26.4. The van der Waals surface area contributed by atoms with Crippen LogP contribution in [0.5, 0.6) is 0 Å². The molecule has 1 aliphatic heterocycles. The van der Waals surface area contributed by atoms with Crippen molar-refractivity contribution in [3.63, 3.8) is 0 Å². The van der Waals surface area contributed by atoms with Crippen LogP contribution in [-0.4, -0.2) is 24.5 Å². The molecule has 4 heteroatoms. The van der Waals surface area contributed by atoms with Crippen molar-refractivity contribution < 1.29 is 14.3 Å². The van der Waals surface area contributed by atoms with E-state index >= 15 is 0 Å². The second-order valence-electron chi connectivity index (χ2n) is 5.79. The number of rotatable bonds is 5. The highest BCUT2D eigenvalue weighted by atomic mass is 16.5. The predicted octanol–water partition coefficient (Wildman–Crippen LogP) is 2.94. The van der Waals surface area contributed by atoms with Crippen LogP contribution in [-0.2, 0) is 20.7 Å². The largest absolute Gasteiger partial charge is 0.464 e. The number of fused-ring (bicyclic) bond motifs is 1. The van der Waals surface area contributed by atoms with Crippen LogP contribution in [0.2, 0.25) is 0 Å². The molecular formula is C17H23NO3. The van der Waals surface area contributed by atoms with E-state index in [1.54, 1.807) is 11.8 Å². The van der Waals surface area contributed by atoms with Crippen molar-refractivity contribution in [2.75, 3.05) is 11.5 Å². The van der Waals surface area contributed by atoms with Crippen LogP contribution in [0.4, 0.5) is 5.69 Å². The number of esters is 1. The smallest absolute Gasteiger partial charge is 0.329 e. The van der Waals surface area contributed by atoms with Crippen molar-refractivity contribution in [3.05, 3.63) is 29.8 Å². The molecule has 0 radical (unpaired) electrons. The zero-order valence-corrected chi connectivity index (χ0v) is 13.0. The molecule has 0 fully saturated rings. The number of hydrogen-bond donors (Lipinski definition) is 0. The molecule has 1 heterocycles. The quantitative estimate of drug-likeness (QED) is 0.783. The lowest BCUT2D eigenvalue weighted by Crippen LogP contribution is -2.48. The van der Waals surface area contributed by atoms with Gasteiger partial charge in [0, 0.05) is 12.1 Å². The van der Waals surface area contributed by atoms with E-state index in [9.17, 15) is 9.59 Å². The number of aryl methyl sites for hydroxylation is 1. The average Bonchev–Trinajstić information content (AvgIpc) is 2.45. The second-order valence-corrected chi connectivity index (χ2v) is 5.79. The maximum atomic E-state index is 12.4. The maximum Gasteiger partial charge on any atom is 0.329 e. The Bertz CT molecular complexity index is 525. The molecule has 0 bridgehead atoms. The number of amides is 1. The first-order chi connectivity index (χ1) is 10.0. The summed E-state index contributed by atoms with van der Waals surface area (Å²) in [6, 6.07) is 7.28. The van der Waals surface area contributed by atoms with Gasteiger partial charge in [-0.2, -0.15) is 0 Å². The summed E-state index contributed by atoms with van der Waals surface area (Å²) in [5, 5.41) is 0. The molecule has 0 saturated carbocycles. The zero-order valence-electron chi connectivity index (χ0n) is 13.0. The number of para-hydroxylation sites is 1. The number of carbonyl (C=O) groups excluding carboxylic acids is 2. The maximum absolute atomic E-state index is 12.4. The molecule has 0 aromatic heterocycles. The highest BCUT2D eigenvalue weighted by Gasteiger charge is 2.35. The molecule has 1 amide bonds. The van der Waals surface area contributed by atoms with E-state index in [0.717, 1.165) is 17.7 Å². The van der Waals surface area contributed by atoms with Crippen molar-refractivity contribution in [3.8, 4) is 0 Å². The highest BCUT2D eigenvalue weighted by Crippen LogP contribution is 2.31. The molecule has 0 aliphatic carbocycles. The van der Waals surface area contributed by atoms with Gasteiger partial charge >= 0.3 is 5.97 Å². The lowest BCUT2D eigenvalue weighted by molar-refractivity contribution is -0.146. The third-order valence-corrected chi connectivity index (χ3v) is 3.69. The predicted molar refractivity (Wildman–Crippen MR) is 82.1 cm³/mol. The van der Waals surface area contributed by atoms with Gasteiger partial charge in [-0.05, 0) is 37.3 Å². The summed E-state index contributed by atoms with van der Waals surface area (Å²) >= 11 is 0. The van der Waals surface area contributed by atoms with E-state index in [2.05, 4.69) is 0 Å².